The van der Waals surface area contributed by atoms with E-state index in [4.69, 9.17) is 19.4 Å². The van der Waals surface area contributed by atoms with Crippen LogP contribution in [-0.2, 0) is 5.41 Å². The van der Waals surface area contributed by atoms with Crippen molar-refractivity contribution in [1.29, 1.82) is 0 Å². The van der Waals surface area contributed by atoms with Gasteiger partial charge in [-0.2, -0.15) is 0 Å². The fourth-order valence-corrected chi connectivity index (χ4v) is 7.97. The molecule has 4 nitrogen and oxygen atoms in total. The lowest BCUT2D eigenvalue weighted by Gasteiger charge is -2.25. The lowest BCUT2D eigenvalue weighted by Crippen LogP contribution is -2.15. The van der Waals surface area contributed by atoms with Crippen molar-refractivity contribution in [2.24, 2.45) is 0 Å². The number of rotatable bonds is 5. The van der Waals surface area contributed by atoms with Gasteiger partial charge < -0.3 is 9.47 Å². The fraction of sp³-hybridized carbons (Fsp3) is 0.0612. The van der Waals surface area contributed by atoms with E-state index in [1.807, 2.05) is 36.4 Å². The molecule has 1 aromatic heterocycles. The SMILES string of the molecule is CC1(C)c2ccccc2-c2c1ccc1c2Oc2ccc(-c3ccccc3-c3cc(-c4ccccc4-c4ccccc4)nc(-c4ccccc4)n3)cc2O1. The van der Waals surface area contributed by atoms with Gasteiger partial charge in [-0.1, -0.05) is 159 Å². The van der Waals surface area contributed by atoms with Crippen molar-refractivity contribution >= 4 is 0 Å². The van der Waals surface area contributed by atoms with E-state index >= 15 is 0 Å². The first kappa shape index (κ1) is 31.0. The number of aromatic nitrogens is 2. The molecule has 10 rings (SSSR count). The third kappa shape index (κ3) is 5.14. The normalized spacial score (nSPS) is 13.2. The van der Waals surface area contributed by atoms with Crippen LogP contribution in [0, 0.1) is 0 Å². The summed E-state index contributed by atoms with van der Waals surface area (Å²) in [5.41, 5.74) is 13.8. The van der Waals surface area contributed by atoms with E-state index in [9.17, 15) is 0 Å². The minimum atomic E-state index is -0.122. The molecule has 1 aliphatic carbocycles. The van der Waals surface area contributed by atoms with E-state index in [0.717, 1.165) is 67.4 Å². The van der Waals surface area contributed by atoms with Crippen LogP contribution in [0.3, 0.4) is 0 Å². The summed E-state index contributed by atoms with van der Waals surface area (Å²) in [7, 11) is 0. The third-order valence-electron chi connectivity index (χ3n) is 10.6. The lowest BCUT2D eigenvalue weighted by atomic mass is 9.82. The second-order valence-electron chi connectivity index (χ2n) is 14.1. The van der Waals surface area contributed by atoms with Crippen molar-refractivity contribution in [3.63, 3.8) is 0 Å². The Balaban J connectivity index is 1.08. The Morgan fingerprint density at radius 1 is 0.396 bits per heavy atom. The summed E-state index contributed by atoms with van der Waals surface area (Å²) in [6.45, 7) is 4.55. The van der Waals surface area contributed by atoms with Gasteiger partial charge in [-0.05, 0) is 63.2 Å². The average Bonchev–Trinajstić information content (AvgIpc) is 3.46. The van der Waals surface area contributed by atoms with E-state index in [1.165, 1.54) is 16.7 Å². The zero-order valence-electron chi connectivity index (χ0n) is 29.4. The summed E-state index contributed by atoms with van der Waals surface area (Å²) in [4.78, 5) is 10.4. The molecule has 2 heterocycles. The first-order valence-electron chi connectivity index (χ1n) is 18.0. The maximum absolute atomic E-state index is 6.71. The zero-order valence-corrected chi connectivity index (χ0v) is 29.4. The van der Waals surface area contributed by atoms with Gasteiger partial charge in [0.15, 0.2) is 28.8 Å². The minimum absolute atomic E-state index is 0.122. The Hall–Kier alpha value is -6.78. The van der Waals surface area contributed by atoms with Crippen LogP contribution in [0.2, 0.25) is 0 Å². The van der Waals surface area contributed by atoms with Gasteiger partial charge >= 0.3 is 0 Å². The van der Waals surface area contributed by atoms with Crippen molar-refractivity contribution in [2.75, 3.05) is 0 Å². The molecule has 0 fully saturated rings. The first-order chi connectivity index (χ1) is 26.0. The zero-order chi connectivity index (χ0) is 35.5. The molecule has 4 heteroatoms. The lowest BCUT2D eigenvalue weighted by molar-refractivity contribution is 0.360. The van der Waals surface area contributed by atoms with Crippen LogP contribution in [0.25, 0.3) is 67.3 Å². The standard InChI is InChI=1S/C49H34N2O2/c1-49(2)39-24-14-13-23-38(39)46-40(49)26-28-44-47(46)53-43-27-25-33(29-45(43)52-44)35-20-10-12-22-37(35)42-30-41(50-48(51-42)32-17-7-4-8-18-32)36-21-11-9-19-34(36)31-15-5-3-6-16-31/h3-30H,1-2H3. The molecule has 8 aromatic rings. The summed E-state index contributed by atoms with van der Waals surface area (Å²) >= 11 is 0. The van der Waals surface area contributed by atoms with Gasteiger partial charge in [-0.3, -0.25) is 0 Å². The molecule has 1 aliphatic heterocycles. The van der Waals surface area contributed by atoms with E-state index in [2.05, 4.69) is 147 Å². The van der Waals surface area contributed by atoms with Crippen molar-refractivity contribution in [2.45, 2.75) is 19.3 Å². The predicted octanol–water partition coefficient (Wildman–Crippen LogP) is 13.0. The average molecular weight is 683 g/mol. The van der Waals surface area contributed by atoms with Crippen molar-refractivity contribution in [3.05, 3.63) is 181 Å². The molecule has 0 N–H and O–H groups in total. The predicted molar refractivity (Wildman–Crippen MR) is 213 cm³/mol. The van der Waals surface area contributed by atoms with Crippen molar-refractivity contribution in [1.82, 2.24) is 9.97 Å². The number of hydrogen-bond acceptors (Lipinski definition) is 4. The molecule has 53 heavy (non-hydrogen) atoms. The Kier molecular flexibility index (Phi) is 7.12. The summed E-state index contributed by atoms with van der Waals surface area (Å²) in [6, 6.07) is 58.7. The summed E-state index contributed by atoms with van der Waals surface area (Å²) < 4.78 is 13.4. The molecule has 0 bridgehead atoms. The molecule has 0 saturated heterocycles. The molecule has 0 unspecified atom stereocenters. The molecule has 2 aliphatic rings. The van der Waals surface area contributed by atoms with Gasteiger partial charge in [0.25, 0.3) is 0 Å². The first-order valence-corrected chi connectivity index (χ1v) is 18.0. The second kappa shape index (κ2) is 12.2. The van der Waals surface area contributed by atoms with Crippen LogP contribution in [0.4, 0.5) is 0 Å². The van der Waals surface area contributed by atoms with Gasteiger partial charge in [0.2, 0.25) is 0 Å². The number of benzene rings is 7. The van der Waals surface area contributed by atoms with E-state index in [0.29, 0.717) is 17.3 Å². The van der Waals surface area contributed by atoms with E-state index < -0.39 is 0 Å². The molecule has 0 amide bonds. The largest absolute Gasteiger partial charge is 0.449 e. The molecular formula is C49H34N2O2. The number of hydrogen-bond donors (Lipinski definition) is 0. The van der Waals surface area contributed by atoms with Gasteiger partial charge in [-0.25, -0.2) is 9.97 Å². The van der Waals surface area contributed by atoms with Crippen molar-refractivity contribution < 1.29 is 9.47 Å². The van der Waals surface area contributed by atoms with Gasteiger partial charge in [-0.15, -0.1) is 0 Å². The number of ether oxygens (including phenoxy) is 2. The van der Waals surface area contributed by atoms with E-state index in [1.54, 1.807) is 0 Å². The van der Waals surface area contributed by atoms with E-state index in [-0.39, 0.29) is 5.41 Å². The van der Waals surface area contributed by atoms with Crippen LogP contribution in [0.5, 0.6) is 23.0 Å². The third-order valence-corrected chi connectivity index (χ3v) is 10.6. The van der Waals surface area contributed by atoms with Crippen LogP contribution in [-0.4, -0.2) is 9.97 Å². The van der Waals surface area contributed by atoms with Crippen LogP contribution < -0.4 is 9.47 Å². The van der Waals surface area contributed by atoms with Gasteiger partial charge in [0, 0.05) is 27.7 Å². The maximum Gasteiger partial charge on any atom is 0.178 e. The Labute approximate surface area is 309 Å². The summed E-state index contributed by atoms with van der Waals surface area (Å²) in [5.74, 6) is 3.55. The molecule has 0 spiro atoms. The smallest absolute Gasteiger partial charge is 0.178 e. The fourth-order valence-electron chi connectivity index (χ4n) is 7.97. The molecule has 252 valence electrons. The maximum atomic E-state index is 6.71. The Morgan fingerprint density at radius 2 is 0.943 bits per heavy atom. The summed E-state index contributed by atoms with van der Waals surface area (Å²) in [5, 5.41) is 0. The highest BCUT2D eigenvalue weighted by atomic mass is 16.6. The highest BCUT2D eigenvalue weighted by Gasteiger charge is 2.39. The highest BCUT2D eigenvalue weighted by Crippen LogP contribution is 2.58. The topological polar surface area (TPSA) is 44.2 Å². The van der Waals surface area contributed by atoms with Crippen molar-refractivity contribution in [3.8, 4) is 90.3 Å². The number of nitrogens with zero attached hydrogens (tertiary/aromatic N) is 2. The minimum Gasteiger partial charge on any atom is -0.449 e. The summed E-state index contributed by atoms with van der Waals surface area (Å²) in [6.07, 6.45) is 0. The molecule has 0 atom stereocenters. The van der Waals surface area contributed by atoms with Gasteiger partial charge in [0.1, 0.15) is 0 Å². The molecule has 0 saturated carbocycles. The molecular weight excluding hydrogens is 649 g/mol. The Morgan fingerprint density at radius 3 is 1.62 bits per heavy atom. The highest BCUT2D eigenvalue weighted by molar-refractivity contribution is 5.90. The molecule has 0 radical (unpaired) electrons. The van der Waals surface area contributed by atoms with Crippen LogP contribution in [0.15, 0.2) is 170 Å². The van der Waals surface area contributed by atoms with Gasteiger partial charge in [0.05, 0.1) is 11.4 Å². The molecule has 7 aromatic carbocycles. The second-order valence-corrected chi connectivity index (χ2v) is 14.1. The van der Waals surface area contributed by atoms with Crippen LogP contribution in [0.1, 0.15) is 25.0 Å². The van der Waals surface area contributed by atoms with Crippen LogP contribution >= 0.6 is 0 Å². The monoisotopic (exact) mass is 682 g/mol. The quantitative estimate of drug-likeness (QED) is 0.181. The Bertz CT molecular complexity index is 2700. The number of fused-ring (bicyclic) bond motifs is 6.